The van der Waals surface area contributed by atoms with Crippen molar-refractivity contribution in [2.75, 3.05) is 33.3 Å². The summed E-state index contributed by atoms with van der Waals surface area (Å²) in [6.45, 7) is 2.05. The minimum Gasteiger partial charge on any atom is -0.496 e. The summed E-state index contributed by atoms with van der Waals surface area (Å²) in [5.74, 6) is 1.93. The van der Waals surface area contributed by atoms with Crippen LogP contribution in [0, 0.1) is 6.92 Å². The van der Waals surface area contributed by atoms with E-state index >= 15 is 0 Å². The zero-order chi connectivity index (χ0) is 22.6. The maximum atomic E-state index is 13.8. The van der Waals surface area contributed by atoms with Crippen LogP contribution >= 0.6 is 0 Å². The number of carbonyl (C=O) groups is 1. The third-order valence-corrected chi connectivity index (χ3v) is 6.57. The molecule has 0 saturated carbocycles. The van der Waals surface area contributed by atoms with Gasteiger partial charge >= 0.3 is 0 Å². The highest BCUT2D eigenvalue weighted by atomic mass is 16.5. The fraction of sp³-hybridized carbons (Fsp3) is 0.222. The van der Waals surface area contributed by atoms with Gasteiger partial charge in [0.05, 0.1) is 26.9 Å². The number of hydrogen-bond acceptors (Lipinski definition) is 4. The SMILES string of the molecule is COc1cc(OC)c(C2=CC3(C(=O)N(C)c4ccccc43)c3cc(C)ccc32)c(OC)c1. The number of para-hydroxylation sites is 1. The van der Waals surface area contributed by atoms with Crippen LogP contribution in [0.25, 0.3) is 5.57 Å². The third-order valence-electron chi connectivity index (χ3n) is 6.57. The van der Waals surface area contributed by atoms with Gasteiger partial charge in [0.1, 0.15) is 22.7 Å². The first kappa shape index (κ1) is 20.2. The number of carbonyl (C=O) groups excluding carboxylic acids is 1. The molecule has 1 aliphatic heterocycles. The standard InChI is InChI=1S/C27H25NO4/c1-16-10-11-18-19(25-23(31-4)13-17(30-3)14-24(25)32-5)15-27(21(18)12-16)20-8-6-7-9-22(20)28(2)26(27)29/h6-15H,1-5H3. The van der Waals surface area contributed by atoms with Crippen molar-refractivity contribution in [1.29, 1.82) is 0 Å². The molecule has 0 fully saturated rings. The van der Waals surface area contributed by atoms with Crippen LogP contribution in [-0.4, -0.2) is 34.3 Å². The normalized spacial score (nSPS) is 18.5. The van der Waals surface area contributed by atoms with Gasteiger partial charge in [-0.1, -0.05) is 48.0 Å². The number of rotatable bonds is 4. The predicted molar refractivity (Wildman–Crippen MR) is 125 cm³/mol. The molecule has 1 atom stereocenters. The Morgan fingerprint density at radius 2 is 1.53 bits per heavy atom. The first-order valence-electron chi connectivity index (χ1n) is 10.5. The van der Waals surface area contributed by atoms with Crippen LogP contribution in [0.15, 0.2) is 60.7 Å². The molecule has 1 unspecified atom stereocenters. The van der Waals surface area contributed by atoms with Crippen LogP contribution in [-0.2, 0) is 10.2 Å². The molecule has 1 spiro atoms. The lowest BCUT2D eigenvalue weighted by Gasteiger charge is -2.23. The lowest BCUT2D eigenvalue weighted by Crippen LogP contribution is -2.37. The molecule has 1 heterocycles. The Labute approximate surface area is 187 Å². The van der Waals surface area contributed by atoms with Crippen LogP contribution in [0.4, 0.5) is 5.69 Å². The molecule has 32 heavy (non-hydrogen) atoms. The van der Waals surface area contributed by atoms with Crippen molar-refractivity contribution in [1.82, 2.24) is 0 Å². The van der Waals surface area contributed by atoms with Crippen molar-refractivity contribution in [3.63, 3.8) is 0 Å². The average Bonchev–Trinajstić information content (AvgIpc) is 3.26. The molecular weight excluding hydrogens is 402 g/mol. The fourth-order valence-corrected chi connectivity index (χ4v) is 5.06. The second-order valence-corrected chi connectivity index (χ2v) is 8.20. The number of benzene rings is 3. The Balaban J connectivity index is 1.87. The monoisotopic (exact) mass is 427 g/mol. The minimum atomic E-state index is -0.891. The minimum absolute atomic E-state index is 0.0343. The van der Waals surface area contributed by atoms with Crippen LogP contribution in [0.5, 0.6) is 17.2 Å². The molecule has 0 N–H and O–H groups in total. The molecule has 3 aromatic carbocycles. The summed E-state index contributed by atoms with van der Waals surface area (Å²) >= 11 is 0. The molecule has 0 saturated heterocycles. The molecule has 1 aliphatic carbocycles. The highest BCUT2D eigenvalue weighted by Crippen LogP contribution is 2.56. The molecule has 0 radical (unpaired) electrons. The van der Waals surface area contributed by atoms with Crippen molar-refractivity contribution in [3.8, 4) is 17.2 Å². The van der Waals surface area contributed by atoms with Gasteiger partial charge in [-0.3, -0.25) is 4.79 Å². The number of likely N-dealkylation sites (N-methyl/N-ethyl adjacent to an activating group) is 1. The van der Waals surface area contributed by atoms with E-state index in [9.17, 15) is 4.79 Å². The van der Waals surface area contributed by atoms with Gasteiger partial charge in [0.25, 0.3) is 0 Å². The summed E-state index contributed by atoms with van der Waals surface area (Å²) in [7, 11) is 6.71. The van der Waals surface area contributed by atoms with Gasteiger partial charge in [-0.25, -0.2) is 0 Å². The number of fused-ring (bicyclic) bond motifs is 4. The van der Waals surface area contributed by atoms with E-state index in [1.807, 2.05) is 43.4 Å². The van der Waals surface area contributed by atoms with Crippen LogP contribution in [0.2, 0.25) is 0 Å². The van der Waals surface area contributed by atoms with Crippen molar-refractivity contribution in [2.45, 2.75) is 12.3 Å². The largest absolute Gasteiger partial charge is 0.496 e. The van der Waals surface area contributed by atoms with Gasteiger partial charge in [-0.15, -0.1) is 0 Å². The van der Waals surface area contributed by atoms with E-state index < -0.39 is 5.41 Å². The Morgan fingerprint density at radius 1 is 0.844 bits per heavy atom. The predicted octanol–water partition coefficient (Wildman–Crippen LogP) is 4.73. The molecule has 0 aromatic heterocycles. The highest BCUT2D eigenvalue weighted by Gasteiger charge is 2.54. The summed E-state index contributed by atoms with van der Waals surface area (Å²) in [5, 5.41) is 0. The number of anilines is 1. The molecular formula is C27H25NO4. The maximum absolute atomic E-state index is 13.8. The van der Waals surface area contributed by atoms with Gasteiger partial charge in [0.2, 0.25) is 5.91 Å². The highest BCUT2D eigenvalue weighted by molar-refractivity contribution is 6.16. The van der Waals surface area contributed by atoms with E-state index in [2.05, 4.69) is 31.2 Å². The summed E-state index contributed by atoms with van der Waals surface area (Å²) in [5.41, 5.74) is 5.82. The maximum Gasteiger partial charge on any atom is 0.245 e. The van der Waals surface area contributed by atoms with Crippen molar-refractivity contribution in [2.24, 2.45) is 0 Å². The lowest BCUT2D eigenvalue weighted by molar-refractivity contribution is -0.120. The van der Waals surface area contributed by atoms with E-state index in [0.717, 1.165) is 39.1 Å². The number of amides is 1. The number of aryl methyl sites for hydroxylation is 1. The number of ether oxygens (including phenoxy) is 3. The van der Waals surface area contributed by atoms with Crippen LogP contribution in [0.1, 0.15) is 27.8 Å². The molecule has 3 aromatic rings. The topological polar surface area (TPSA) is 48.0 Å². The number of nitrogens with zero attached hydrogens (tertiary/aromatic N) is 1. The summed E-state index contributed by atoms with van der Waals surface area (Å²) < 4.78 is 16.9. The Bertz CT molecular complexity index is 1270. The van der Waals surface area contributed by atoms with Crippen molar-refractivity contribution < 1.29 is 19.0 Å². The van der Waals surface area contributed by atoms with Gasteiger partial charge in [-0.2, -0.15) is 0 Å². The fourth-order valence-electron chi connectivity index (χ4n) is 5.06. The van der Waals surface area contributed by atoms with E-state index in [0.29, 0.717) is 17.2 Å². The molecule has 5 rings (SSSR count). The van der Waals surface area contributed by atoms with E-state index in [1.165, 1.54) is 0 Å². The second kappa shape index (κ2) is 7.16. The van der Waals surface area contributed by atoms with Gasteiger partial charge in [-0.05, 0) is 35.3 Å². The van der Waals surface area contributed by atoms with Crippen molar-refractivity contribution >= 4 is 17.2 Å². The van der Waals surface area contributed by atoms with E-state index in [-0.39, 0.29) is 5.91 Å². The number of methoxy groups -OCH3 is 3. The summed E-state index contributed by atoms with van der Waals surface area (Å²) in [4.78, 5) is 15.6. The number of hydrogen-bond donors (Lipinski definition) is 0. The van der Waals surface area contributed by atoms with E-state index in [4.69, 9.17) is 14.2 Å². The first-order chi connectivity index (χ1) is 15.5. The third kappa shape index (κ3) is 2.54. The van der Waals surface area contributed by atoms with Gasteiger partial charge < -0.3 is 19.1 Å². The summed E-state index contributed by atoms with van der Waals surface area (Å²) in [6, 6.07) is 18.0. The summed E-state index contributed by atoms with van der Waals surface area (Å²) in [6.07, 6.45) is 2.08. The molecule has 0 bridgehead atoms. The first-order valence-corrected chi connectivity index (χ1v) is 10.5. The Hall–Kier alpha value is -3.73. The lowest BCUT2D eigenvalue weighted by atomic mass is 9.77. The smallest absolute Gasteiger partial charge is 0.245 e. The molecule has 1 amide bonds. The molecule has 5 heteroatoms. The molecule has 2 aliphatic rings. The van der Waals surface area contributed by atoms with Gasteiger partial charge in [0.15, 0.2) is 0 Å². The second-order valence-electron chi connectivity index (χ2n) is 8.20. The molecule has 5 nitrogen and oxygen atoms in total. The average molecular weight is 428 g/mol. The van der Waals surface area contributed by atoms with Crippen LogP contribution < -0.4 is 19.1 Å². The quantitative estimate of drug-likeness (QED) is 0.604. The van der Waals surface area contributed by atoms with Gasteiger partial charge in [0, 0.05) is 24.9 Å². The Kier molecular flexibility index (Phi) is 4.52. The molecule has 162 valence electrons. The van der Waals surface area contributed by atoms with E-state index in [1.54, 1.807) is 26.2 Å². The Morgan fingerprint density at radius 3 is 2.19 bits per heavy atom. The zero-order valence-corrected chi connectivity index (χ0v) is 18.9. The van der Waals surface area contributed by atoms with Crippen molar-refractivity contribution in [3.05, 3.63) is 88.5 Å². The van der Waals surface area contributed by atoms with Crippen LogP contribution in [0.3, 0.4) is 0 Å². The zero-order valence-electron chi connectivity index (χ0n) is 18.9.